The average Bonchev–Trinajstić information content (AvgIpc) is 3.01. The van der Waals surface area contributed by atoms with Gasteiger partial charge in [0.15, 0.2) is 0 Å². The number of amides is 1. The van der Waals surface area contributed by atoms with Gasteiger partial charge in [0.05, 0.1) is 11.7 Å². The smallest absolute Gasteiger partial charge is 0.239 e. The second kappa shape index (κ2) is 13.1. The number of rotatable bonds is 6. The number of carbonyl (C=O) groups is 1. The fourth-order valence-corrected chi connectivity index (χ4v) is 3.38. The minimum absolute atomic E-state index is 0. The predicted octanol–water partition coefficient (Wildman–Crippen LogP) is 2.74. The van der Waals surface area contributed by atoms with E-state index in [4.69, 9.17) is 10.5 Å². The minimum atomic E-state index is -0.391. The lowest BCUT2D eigenvalue weighted by Gasteiger charge is -2.36. The number of thiazole rings is 1. The Balaban J connectivity index is 0. The van der Waals surface area contributed by atoms with Gasteiger partial charge >= 0.3 is 0 Å². The third kappa shape index (κ3) is 7.46. The van der Waals surface area contributed by atoms with Gasteiger partial charge in [0.1, 0.15) is 11.1 Å². The second-order valence-corrected chi connectivity index (χ2v) is 7.32. The lowest BCUT2D eigenvalue weighted by atomic mass is 10.0. The van der Waals surface area contributed by atoms with E-state index in [1.807, 2.05) is 25.7 Å². The highest BCUT2D eigenvalue weighted by Gasteiger charge is 2.27. The largest absolute Gasteiger partial charge is 0.375 e. The van der Waals surface area contributed by atoms with Crippen molar-refractivity contribution >= 4 is 54.5 Å². The number of nitrogens with zero attached hydrogens (tertiary/aromatic N) is 3. The Bertz CT molecular complexity index is 525. The number of ether oxygens (including phenoxy) is 1. The Kier molecular flexibility index (Phi) is 14.1. The highest BCUT2D eigenvalue weighted by Crippen LogP contribution is 2.21. The molecule has 0 spiro atoms. The first kappa shape index (κ1) is 28.1. The second-order valence-electron chi connectivity index (χ2n) is 6.43. The third-order valence-corrected chi connectivity index (χ3v) is 5.40. The minimum Gasteiger partial charge on any atom is -0.375 e. The van der Waals surface area contributed by atoms with Crippen LogP contribution in [-0.2, 0) is 16.1 Å². The highest BCUT2D eigenvalue weighted by atomic mass is 35.5. The van der Waals surface area contributed by atoms with E-state index in [1.165, 1.54) is 0 Å². The zero-order valence-corrected chi connectivity index (χ0v) is 19.0. The van der Waals surface area contributed by atoms with Crippen LogP contribution in [-0.4, -0.2) is 60.0 Å². The van der Waals surface area contributed by atoms with E-state index in [0.717, 1.165) is 43.4 Å². The van der Waals surface area contributed by atoms with Crippen LogP contribution < -0.4 is 5.73 Å². The SMILES string of the molecule is COC(C)c1nc(CN2CCN(C(=O)[C@@H](N)C(C)C)CC2)cs1.Cl.Cl.Cl. The molecule has 0 saturated carbocycles. The molecule has 154 valence electrons. The molecule has 1 aliphatic heterocycles. The Morgan fingerprint density at radius 3 is 2.31 bits per heavy atom. The normalized spacial score (nSPS) is 16.9. The maximum atomic E-state index is 12.3. The number of piperazine rings is 1. The molecule has 10 heteroatoms. The summed E-state index contributed by atoms with van der Waals surface area (Å²) in [7, 11) is 1.70. The van der Waals surface area contributed by atoms with E-state index in [1.54, 1.807) is 18.4 Å². The highest BCUT2D eigenvalue weighted by molar-refractivity contribution is 7.09. The van der Waals surface area contributed by atoms with Crippen molar-refractivity contribution in [2.45, 2.75) is 39.5 Å². The number of hydrogen-bond donors (Lipinski definition) is 1. The number of nitrogens with two attached hydrogens (primary N) is 1. The maximum absolute atomic E-state index is 12.3. The number of methoxy groups -OCH3 is 1. The Hall–Kier alpha value is -0.150. The molecule has 0 bridgehead atoms. The van der Waals surface area contributed by atoms with E-state index in [9.17, 15) is 4.79 Å². The van der Waals surface area contributed by atoms with Gasteiger partial charge in [-0.25, -0.2) is 4.98 Å². The molecule has 1 amide bonds. The maximum Gasteiger partial charge on any atom is 0.239 e. The van der Waals surface area contributed by atoms with Gasteiger partial charge in [0.2, 0.25) is 5.91 Å². The summed E-state index contributed by atoms with van der Waals surface area (Å²) in [5.74, 6) is 0.251. The molecular formula is C16H31Cl3N4O2S. The van der Waals surface area contributed by atoms with E-state index < -0.39 is 6.04 Å². The standard InChI is InChI=1S/C16H28N4O2S.3ClH/c1-11(2)14(17)16(21)20-7-5-19(6-8-20)9-13-10-23-15(18-13)12(3)22-4;;;/h10-12,14H,5-9,17H2,1-4H3;3*1H/t12?,14-;;;/m0.../s1. The van der Waals surface area contributed by atoms with Gasteiger partial charge in [0, 0.05) is 45.2 Å². The lowest BCUT2D eigenvalue weighted by molar-refractivity contribution is -0.135. The van der Waals surface area contributed by atoms with Gasteiger partial charge in [-0.15, -0.1) is 48.6 Å². The summed E-state index contributed by atoms with van der Waals surface area (Å²) in [4.78, 5) is 21.1. The van der Waals surface area contributed by atoms with Crippen LogP contribution in [0.15, 0.2) is 5.38 Å². The van der Waals surface area contributed by atoms with Gasteiger partial charge < -0.3 is 15.4 Å². The summed E-state index contributed by atoms with van der Waals surface area (Å²) >= 11 is 1.64. The fourth-order valence-electron chi connectivity index (χ4n) is 2.53. The Morgan fingerprint density at radius 1 is 1.23 bits per heavy atom. The Morgan fingerprint density at radius 2 is 1.81 bits per heavy atom. The molecule has 0 radical (unpaired) electrons. The molecule has 0 aromatic carbocycles. The van der Waals surface area contributed by atoms with Crippen molar-refractivity contribution in [1.82, 2.24) is 14.8 Å². The van der Waals surface area contributed by atoms with E-state index >= 15 is 0 Å². The topological polar surface area (TPSA) is 71.7 Å². The van der Waals surface area contributed by atoms with Crippen molar-refractivity contribution in [2.24, 2.45) is 11.7 Å². The first-order valence-electron chi connectivity index (χ1n) is 8.16. The van der Waals surface area contributed by atoms with E-state index in [0.29, 0.717) is 0 Å². The first-order chi connectivity index (χ1) is 10.9. The molecule has 2 heterocycles. The Labute approximate surface area is 179 Å². The quantitative estimate of drug-likeness (QED) is 0.723. The molecule has 1 fully saturated rings. The van der Waals surface area contributed by atoms with Gasteiger partial charge in [-0.3, -0.25) is 9.69 Å². The van der Waals surface area contributed by atoms with Crippen molar-refractivity contribution in [3.8, 4) is 0 Å². The summed E-state index contributed by atoms with van der Waals surface area (Å²) in [6.45, 7) is 10.0. The van der Waals surface area contributed by atoms with Crippen LogP contribution >= 0.6 is 48.6 Å². The molecule has 1 aliphatic rings. The van der Waals surface area contributed by atoms with Crippen LogP contribution in [0.25, 0.3) is 0 Å². The molecular weight excluding hydrogens is 419 g/mol. The van der Waals surface area contributed by atoms with Crippen molar-refractivity contribution in [3.63, 3.8) is 0 Å². The first-order valence-corrected chi connectivity index (χ1v) is 9.04. The summed E-state index contributed by atoms with van der Waals surface area (Å²) in [6.07, 6.45) is 0.0424. The molecule has 6 nitrogen and oxygen atoms in total. The number of halogens is 3. The predicted molar refractivity (Wildman–Crippen MR) is 114 cm³/mol. The van der Waals surface area contributed by atoms with E-state index in [-0.39, 0.29) is 55.2 Å². The number of aromatic nitrogens is 1. The lowest BCUT2D eigenvalue weighted by Crippen LogP contribution is -2.54. The summed E-state index contributed by atoms with van der Waals surface area (Å²) in [5, 5.41) is 3.11. The molecule has 1 saturated heterocycles. The molecule has 2 rings (SSSR count). The number of carbonyl (C=O) groups excluding carboxylic acids is 1. The molecule has 1 aromatic rings. The molecule has 1 aromatic heterocycles. The van der Waals surface area contributed by atoms with Crippen LogP contribution in [0.2, 0.25) is 0 Å². The number of hydrogen-bond acceptors (Lipinski definition) is 6. The monoisotopic (exact) mass is 448 g/mol. The molecule has 1 unspecified atom stereocenters. The van der Waals surface area contributed by atoms with Gasteiger partial charge in [-0.2, -0.15) is 0 Å². The van der Waals surface area contributed by atoms with E-state index in [2.05, 4.69) is 15.3 Å². The molecule has 2 N–H and O–H groups in total. The van der Waals surface area contributed by atoms with Gasteiger partial charge in [-0.1, -0.05) is 13.8 Å². The fraction of sp³-hybridized carbons (Fsp3) is 0.750. The summed E-state index contributed by atoms with van der Waals surface area (Å²) in [6, 6.07) is -0.391. The third-order valence-electron chi connectivity index (χ3n) is 4.34. The summed E-state index contributed by atoms with van der Waals surface area (Å²) < 4.78 is 5.30. The van der Waals surface area contributed by atoms with Gasteiger partial charge in [0.25, 0.3) is 0 Å². The average molecular weight is 450 g/mol. The molecule has 26 heavy (non-hydrogen) atoms. The van der Waals surface area contributed by atoms with Crippen LogP contribution in [0.4, 0.5) is 0 Å². The van der Waals surface area contributed by atoms with Crippen molar-refractivity contribution in [3.05, 3.63) is 16.1 Å². The molecule has 0 aliphatic carbocycles. The van der Waals surface area contributed by atoms with Crippen LogP contribution in [0.1, 0.15) is 37.6 Å². The summed E-state index contributed by atoms with van der Waals surface area (Å²) in [5.41, 5.74) is 7.04. The molecule has 2 atom stereocenters. The van der Waals surface area contributed by atoms with Crippen LogP contribution in [0, 0.1) is 5.92 Å². The van der Waals surface area contributed by atoms with Crippen molar-refractivity contribution in [2.75, 3.05) is 33.3 Å². The zero-order chi connectivity index (χ0) is 17.0. The van der Waals surface area contributed by atoms with Crippen LogP contribution in [0.5, 0.6) is 0 Å². The van der Waals surface area contributed by atoms with Crippen molar-refractivity contribution < 1.29 is 9.53 Å². The van der Waals surface area contributed by atoms with Gasteiger partial charge in [-0.05, 0) is 12.8 Å². The zero-order valence-electron chi connectivity index (χ0n) is 15.7. The van der Waals surface area contributed by atoms with Crippen LogP contribution in [0.3, 0.4) is 0 Å². The van der Waals surface area contributed by atoms with Crippen molar-refractivity contribution in [1.29, 1.82) is 0 Å².